The van der Waals surface area contributed by atoms with Crippen molar-refractivity contribution >= 4 is 60.7 Å². The van der Waals surface area contributed by atoms with Crippen LogP contribution in [0.2, 0.25) is 0 Å². The van der Waals surface area contributed by atoms with Crippen molar-refractivity contribution in [1.29, 1.82) is 0 Å². The van der Waals surface area contributed by atoms with Crippen LogP contribution in [0.1, 0.15) is 0 Å². The fraction of sp³-hybridized carbons (Fsp3) is 0. The largest absolute Gasteiger partial charge is 0.453 e. The molecule has 332 valence electrons. The van der Waals surface area contributed by atoms with E-state index in [1.807, 2.05) is 24.3 Å². The summed E-state index contributed by atoms with van der Waals surface area (Å²) in [6.45, 7) is 0. The lowest BCUT2D eigenvalue weighted by Crippen LogP contribution is -2.20. The Morgan fingerprint density at radius 2 is 0.662 bits per heavy atom. The Morgan fingerprint density at radius 1 is 0.239 bits per heavy atom. The molecule has 13 aromatic rings. The molecular weight excluding hydrogens is 867 g/mol. The molecule has 4 heterocycles. The van der Waals surface area contributed by atoms with E-state index in [4.69, 9.17) is 9.47 Å². The van der Waals surface area contributed by atoms with Gasteiger partial charge in [0.2, 0.25) is 0 Å². The molecule has 0 aliphatic carbocycles. The van der Waals surface area contributed by atoms with Gasteiger partial charge in [-0.05, 0) is 136 Å². The van der Waals surface area contributed by atoms with Gasteiger partial charge in [0, 0.05) is 39.4 Å². The molecule has 0 N–H and O–H groups in total. The van der Waals surface area contributed by atoms with Gasteiger partial charge < -0.3 is 18.6 Å². The minimum absolute atomic E-state index is 0.752. The number of anilines is 3. The van der Waals surface area contributed by atoms with Crippen molar-refractivity contribution in [1.82, 2.24) is 9.13 Å². The summed E-state index contributed by atoms with van der Waals surface area (Å²) >= 11 is 0. The van der Waals surface area contributed by atoms with Crippen LogP contribution in [0.3, 0.4) is 0 Å². The van der Waals surface area contributed by atoms with Crippen LogP contribution in [0.4, 0.5) is 17.1 Å². The SMILES string of the molecule is c1ccc(-c2cc(-c3ccccc3)cc(-c3cccc(-n4c5ccccc5c5cc(-c6ccc7c(c6)c6ccccc6n7-c6cc7c8c(c6)Oc6ccccc6N8c6ccccc6O7)ccc54)c3)c2)cc1. The summed E-state index contributed by atoms with van der Waals surface area (Å²) in [5.41, 5.74) is 19.0. The maximum absolute atomic E-state index is 6.70. The van der Waals surface area contributed by atoms with E-state index in [2.05, 4.69) is 238 Å². The van der Waals surface area contributed by atoms with Gasteiger partial charge >= 0.3 is 0 Å². The van der Waals surface area contributed by atoms with Crippen LogP contribution in [-0.2, 0) is 0 Å². The van der Waals surface area contributed by atoms with Crippen molar-refractivity contribution in [3.8, 4) is 78.9 Å². The number of ether oxygens (including phenoxy) is 2. The van der Waals surface area contributed by atoms with Crippen molar-refractivity contribution in [2.75, 3.05) is 4.90 Å². The van der Waals surface area contributed by atoms with Crippen LogP contribution in [0, 0.1) is 0 Å². The highest BCUT2D eigenvalue weighted by Crippen LogP contribution is 2.60. The summed E-state index contributed by atoms with van der Waals surface area (Å²) in [6.07, 6.45) is 0. The van der Waals surface area contributed by atoms with E-state index in [1.165, 1.54) is 60.4 Å². The van der Waals surface area contributed by atoms with E-state index in [1.54, 1.807) is 0 Å². The normalized spacial score (nSPS) is 12.4. The van der Waals surface area contributed by atoms with Crippen molar-refractivity contribution in [3.05, 3.63) is 249 Å². The minimum atomic E-state index is 0.752. The minimum Gasteiger partial charge on any atom is -0.453 e. The van der Waals surface area contributed by atoms with Crippen molar-refractivity contribution in [2.45, 2.75) is 0 Å². The average Bonchev–Trinajstić information content (AvgIpc) is 3.95. The predicted molar refractivity (Wildman–Crippen MR) is 292 cm³/mol. The second-order valence-electron chi connectivity index (χ2n) is 18.5. The first kappa shape index (κ1) is 39.4. The summed E-state index contributed by atoms with van der Waals surface area (Å²) in [6, 6.07) is 89.3. The Kier molecular flexibility index (Phi) is 8.59. The van der Waals surface area contributed by atoms with Gasteiger partial charge in [-0.2, -0.15) is 0 Å². The van der Waals surface area contributed by atoms with Gasteiger partial charge in [-0.3, -0.25) is 4.90 Å². The number of aromatic nitrogens is 2. The van der Waals surface area contributed by atoms with E-state index in [9.17, 15) is 0 Å². The molecule has 0 spiro atoms. The second kappa shape index (κ2) is 15.5. The first-order valence-electron chi connectivity index (χ1n) is 24.1. The lowest BCUT2D eigenvalue weighted by atomic mass is 9.93. The molecule has 0 atom stereocenters. The quantitative estimate of drug-likeness (QED) is 0.167. The number of hydrogen-bond acceptors (Lipinski definition) is 3. The summed E-state index contributed by atoms with van der Waals surface area (Å²) in [7, 11) is 0. The third kappa shape index (κ3) is 6.20. The maximum Gasteiger partial charge on any atom is 0.157 e. The Morgan fingerprint density at radius 3 is 1.21 bits per heavy atom. The average molecular weight is 908 g/mol. The van der Waals surface area contributed by atoms with Crippen LogP contribution in [0.5, 0.6) is 23.0 Å². The molecule has 2 aliphatic heterocycles. The smallest absolute Gasteiger partial charge is 0.157 e. The number of benzene rings is 11. The van der Waals surface area contributed by atoms with E-state index in [0.29, 0.717) is 0 Å². The van der Waals surface area contributed by atoms with E-state index in [-0.39, 0.29) is 0 Å². The van der Waals surface area contributed by atoms with Crippen LogP contribution in [-0.4, -0.2) is 9.13 Å². The van der Waals surface area contributed by atoms with E-state index in [0.717, 1.165) is 79.1 Å². The zero-order valence-electron chi connectivity index (χ0n) is 38.3. The molecule has 0 unspecified atom stereocenters. The summed E-state index contributed by atoms with van der Waals surface area (Å²) < 4.78 is 18.2. The van der Waals surface area contributed by atoms with Gasteiger partial charge in [0.15, 0.2) is 23.0 Å². The Hall–Kier alpha value is -9.58. The summed E-state index contributed by atoms with van der Waals surface area (Å²) in [4.78, 5) is 2.27. The highest BCUT2D eigenvalue weighted by molar-refractivity contribution is 6.13. The van der Waals surface area contributed by atoms with Crippen molar-refractivity contribution < 1.29 is 9.47 Å². The molecule has 5 heteroatoms. The van der Waals surface area contributed by atoms with E-state index >= 15 is 0 Å². The molecule has 2 aromatic heterocycles. The Bertz CT molecular complexity index is 4170. The van der Waals surface area contributed by atoms with Crippen LogP contribution < -0.4 is 14.4 Å². The molecule has 71 heavy (non-hydrogen) atoms. The summed E-state index contributed by atoms with van der Waals surface area (Å²) in [5, 5.41) is 4.78. The number of hydrogen-bond donors (Lipinski definition) is 0. The number of nitrogens with zero attached hydrogens (tertiary/aromatic N) is 3. The molecule has 0 bridgehead atoms. The van der Waals surface area contributed by atoms with Gasteiger partial charge in [-0.1, -0.05) is 146 Å². The maximum atomic E-state index is 6.70. The molecular formula is C66H41N3O2. The lowest BCUT2D eigenvalue weighted by Gasteiger charge is -2.38. The molecule has 2 aliphatic rings. The first-order chi connectivity index (χ1) is 35.2. The number of fused-ring (bicyclic) bond motifs is 10. The van der Waals surface area contributed by atoms with Crippen LogP contribution in [0.15, 0.2) is 249 Å². The zero-order valence-corrected chi connectivity index (χ0v) is 38.3. The highest BCUT2D eigenvalue weighted by Gasteiger charge is 2.35. The third-order valence-electron chi connectivity index (χ3n) is 14.4. The Labute approximate surface area is 409 Å². The molecule has 15 rings (SSSR count). The molecule has 0 radical (unpaired) electrons. The molecule has 0 saturated carbocycles. The lowest BCUT2D eigenvalue weighted by molar-refractivity contribution is 0.445. The zero-order chi connectivity index (χ0) is 46.6. The number of rotatable bonds is 6. The third-order valence-corrected chi connectivity index (χ3v) is 14.4. The predicted octanol–water partition coefficient (Wildman–Crippen LogP) is 18.2. The fourth-order valence-corrected chi connectivity index (χ4v) is 11.2. The highest BCUT2D eigenvalue weighted by atomic mass is 16.5. The van der Waals surface area contributed by atoms with Crippen LogP contribution >= 0.6 is 0 Å². The molecule has 0 amide bonds. The topological polar surface area (TPSA) is 31.6 Å². The molecule has 11 aromatic carbocycles. The van der Waals surface area contributed by atoms with Gasteiger partial charge in [0.25, 0.3) is 0 Å². The second-order valence-corrected chi connectivity index (χ2v) is 18.5. The number of para-hydroxylation sites is 6. The Balaban J connectivity index is 0.842. The molecule has 5 nitrogen and oxygen atoms in total. The molecule has 0 saturated heterocycles. The van der Waals surface area contributed by atoms with Crippen molar-refractivity contribution in [3.63, 3.8) is 0 Å². The fourth-order valence-electron chi connectivity index (χ4n) is 11.2. The van der Waals surface area contributed by atoms with Gasteiger partial charge in [-0.25, -0.2) is 0 Å². The van der Waals surface area contributed by atoms with Gasteiger partial charge in [-0.15, -0.1) is 0 Å². The van der Waals surface area contributed by atoms with Gasteiger partial charge in [0.05, 0.1) is 39.1 Å². The standard InChI is InChI=1S/C66H41N3O2/c1-3-16-42(17-4-1)47-34-48(43-18-5-2-6-19-43)36-49(35-47)44-20-15-21-50(37-44)67-56-24-9-7-22-52(56)54-38-45(30-32-58(54)67)46-31-33-59-55(39-46)53-23-8-10-25-57(53)68(59)51-40-64-66-65(41-51)71-63-29-14-12-27-61(63)69(66)60-26-11-13-28-62(60)70-64/h1-41H. The molecule has 0 fully saturated rings. The van der Waals surface area contributed by atoms with Crippen molar-refractivity contribution in [2.24, 2.45) is 0 Å². The first-order valence-corrected chi connectivity index (χ1v) is 24.1. The van der Waals surface area contributed by atoms with E-state index < -0.39 is 0 Å². The monoisotopic (exact) mass is 907 g/mol. The van der Waals surface area contributed by atoms with Crippen LogP contribution in [0.25, 0.3) is 99.5 Å². The van der Waals surface area contributed by atoms with Gasteiger partial charge in [0.1, 0.15) is 5.69 Å². The summed E-state index contributed by atoms with van der Waals surface area (Å²) in [5.74, 6) is 3.12.